The molecule has 0 spiro atoms. The van der Waals surface area contributed by atoms with Crippen LogP contribution in [0, 0.1) is 0 Å². The number of ether oxygens (including phenoxy) is 1. The van der Waals surface area contributed by atoms with E-state index in [0.717, 1.165) is 23.9 Å². The fourth-order valence-electron chi connectivity index (χ4n) is 1.99. The third-order valence-corrected chi connectivity index (χ3v) is 3.31. The van der Waals surface area contributed by atoms with Gasteiger partial charge >= 0.3 is 5.97 Å². The Morgan fingerprint density at radius 1 is 1.67 bits per heavy atom. The zero-order valence-electron chi connectivity index (χ0n) is 9.80. The summed E-state index contributed by atoms with van der Waals surface area (Å²) in [5.74, 6) is -0.909. The van der Waals surface area contributed by atoms with Crippen LogP contribution in [0.2, 0.25) is 0 Å². The van der Waals surface area contributed by atoms with Crippen molar-refractivity contribution >= 4 is 21.9 Å². The molecule has 1 aromatic heterocycles. The minimum absolute atomic E-state index is 0.118. The molecule has 0 amide bonds. The minimum Gasteiger partial charge on any atom is -0.480 e. The van der Waals surface area contributed by atoms with E-state index in [-0.39, 0.29) is 6.10 Å². The lowest BCUT2D eigenvalue weighted by Gasteiger charge is -2.17. The van der Waals surface area contributed by atoms with E-state index in [1.807, 2.05) is 0 Å². The van der Waals surface area contributed by atoms with E-state index in [2.05, 4.69) is 26.2 Å². The molecule has 2 rings (SSSR count). The molecular formula is C12H15BrN2O3. The van der Waals surface area contributed by atoms with E-state index in [1.54, 1.807) is 18.5 Å². The number of aromatic nitrogens is 1. The summed E-state index contributed by atoms with van der Waals surface area (Å²) in [6.07, 6.45) is 5.33. The maximum absolute atomic E-state index is 11.3. The molecule has 98 valence electrons. The molecule has 1 aliphatic rings. The van der Waals surface area contributed by atoms with Crippen molar-refractivity contribution in [3.63, 3.8) is 0 Å². The van der Waals surface area contributed by atoms with Crippen LogP contribution < -0.4 is 5.32 Å². The van der Waals surface area contributed by atoms with Crippen molar-refractivity contribution in [2.75, 3.05) is 13.2 Å². The van der Waals surface area contributed by atoms with Gasteiger partial charge in [0.25, 0.3) is 0 Å². The zero-order chi connectivity index (χ0) is 13.0. The highest BCUT2D eigenvalue weighted by Gasteiger charge is 2.23. The molecule has 1 aromatic rings. The van der Waals surface area contributed by atoms with Gasteiger partial charge in [-0.2, -0.15) is 0 Å². The molecule has 0 bridgehead atoms. The van der Waals surface area contributed by atoms with Crippen molar-refractivity contribution in [1.82, 2.24) is 10.3 Å². The molecular weight excluding hydrogens is 300 g/mol. The highest BCUT2D eigenvalue weighted by Crippen LogP contribution is 2.18. The fourth-order valence-corrected chi connectivity index (χ4v) is 2.37. The fraction of sp³-hybridized carbons (Fsp3) is 0.500. The Bertz CT molecular complexity index is 422. The van der Waals surface area contributed by atoms with Gasteiger partial charge in [-0.05, 0) is 40.4 Å². The molecule has 0 aromatic carbocycles. The van der Waals surface area contributed by atoms with Crippen molar-refractivity contribution < 1.29 is 14.6 Å². The Kier molecular flexibility index (Phi) is 4.68. The van der Waals surface area contributed by atoms with Crippen molar-refractivity contribution in [3.8, 4) is 0 Å². The molecule has 2 unspecified atom stereocenters. The van der Waals surface area contributed by atoms with E-state index in [0.29, 0.717) is 12.1 Å². The van der Waals surface area contributed by atoms with Gasteiger partial charge in [0, 0.05) is 30.0 Å². The first-order valence-electron chi connectivity index (χ1n) is 5.85. The van der Waals surface area contributed by atoms with E-state index < -0.39 is 12.0 Å². The molecule has 2 N–H and O–H groups in total. The maximum atomic E-state index is 11.3. The largest absolute Gasteiger partial charge is 0.480 e. The zero-order valence-corrected chi connectivity index (χ0v) is 11.4. The first kappa shape index (κ1) is 13.5. The monoisotopic (exact) mass is 314 g/mol. The quantitative estimate of drug-likeness (QED) is 0.866. The van der Waals surface area contributed by atoms with Crippen molar-refractivity contribution in [2.24, 2.45) is 0 Å². The third-order valence-electron chi connectivity index (χ3n) is 2.88. The molecule has 1 fully saturated rings. The first-order valence-corrected chi connectivity index (χ1v) is 6.64. The average molecular weight is 315 g/mol. The number of carboxylic acids is 1. The van der Waals surface area contributed by atoms with Crippen LogP contribution >= 0.6 is 15.9 Å². The summed E-state index contributed by atoms with van der Waals surface area (Å²) in [5, 5.41) is 12.3. The van der Waals surface area contributed by atoms with Crippen LogP contribution in [-0.2, 0) is 9.53 Å². The van der Waals surface area contributed by atoms with Gasteiger partial charge in [-0.25, -0.2) is 0 Å². The molecule has 2 atom stereocenters. The summed E-state index contributed by atoms with van der Waals surface area (Å²) >= 11 is 3.29. The second kappa shape index (κ2) is 6.26. The van der Waals surface area contributed by atoms with Crippen LogP contribution in [0.4, 0.5) is 0 Å². The Labute approximate surface area is 114 Å². The number of carboxylic acid groups (broad SMARTS) is 1. The van der Waals surface area contributed by atoms with Crippen LogP contribution in [0.15, 0.2) is 22.9 Å². The van der Waals surface area contributed by atoms with Gasteiger partial charge in [0.05, 0.1) is 6.10 Å². The second-order valence-corrected chi connectivity index (χ2v) is 5.17. The van der Waals surface area contributed by atoms with E-state index in [1.165, 1.54) is 0 Å². The summed E-state index contributed by atoms with van der Waals surface area (Å²) in [6.45, 7) is 1.31. The molecule has 6 heteroatoms. The summed E-state index contributed by atoms with van der Waals surface area (Å²) in [4.78, 5) is 15.3. The minimum atomic E-state index is -0.909. The van der Waals surface area contributed by atoms with Crippen LogP contribution in [0.1, 0.15) is 24.4 Å². The number of nitrogens with zero attached hydrogens (tertiary/aromatic N) is 1. The molecule has 0 saturated carbocycles. The summed E-state index contributed by atoms with van der Waals surface area (Å²) in [6, 6.07) is 1.01. The predicted molar refractivity (Wildman–Crippen MR) is 69.3 cm³/mol. The summed E-state index contributed by atoms with van der Waals surface area (Å²) in [5.41, 5.74) is 0.634. The SMILES string of the molecule is O=C(O)C(NCC1CCCO1)c1cncc(Br)c1. The maximum Gasteiger partial charge on any atom is 0.325 e. The normalized spacial score (nSPS) is 20.8. The molecule has 5 nitrogen and oxygen atoms in total. The Hall–Kier alpha value is -0.980. The number of hydrogen-bond donors (Lipinski definition) is 2. The number of halogens is 1. The molecule has 0 aliphatic carbocycles. The van der Waals surface area contributed by atoms with Gasteiger partial charge < -0.3 is 9.84 Å². The number of pyridine rings is 1. The Morgan fingerprint density at radius 3 is 3.11 bits per heavy atom. The number of hydrogen-bond acceptors (Lipinski definition) is 4. The molecule has 1 saturated heterocycles. The van der Waals surface area contributed by atoms with Gasteiger partial charge in [-0.3, -0.25) is 15.1 Å². The second-order valence-electron chi connectivity index (χ2n) is 4.25. The Morgan fingerprint density at radius 2 is 2.50 bits per heavy atom. The van der Waals surface area contributed by atoms with E-state index >= 15 is 0 Å². The lowest BCUT2D eigenvalue weighted by Crippen LogP contribution is -2.34. The van der Waals surface area contributed by atoms with Crippen molar-refractivity contribution in [2.45, 2.75) is 25.0 Å². The summed E-state index contributed by atoms with van der Waals surface area (Å²) in [7, 11) is 0. The standard InChI is InChI=1S/C12H15BrN2O3/c13-9-4-8(5-14-6-9)11(12(16)17)15-7-10-2-1-3-18-10/h4-6,10-11,15H,1-3,7H2,(H,16,17). The average Bonchev–Trinajstić information content (AvgIpc) is 2.82. The predicted octanol–water partition coefficient (Wildman–Crippen LogP) is 1.74. The van der Waals surface area contributed by atoms with Crippen LogP contribution in [0.5, 0.6) is 0 Å². The van der Waals surface area contributed by atoms with E-state index in [9.17, 15) is 9.90 Å². The Balaban J connectivity index is 2.01. The third kappa shape index (κ3) is 3.51. The lowest BCUT2D eigenvalue weighted by molar-refractivity contribution is -0.139. The van der Waals surface area contributed by atoms with Crippen LogP contribution in [-0.4, -0.2) is 35.3 Å². The van der Waals surface area contributed by atoms with Gasteiger partial charge in [-0.1, -0.05) is 0 Å². The van der Waals surface area contributed by atoms with Crippen molar-refractivity contribution in [1.29, 1.82) is 0 Å². The smallest absolute Gasteiger partial charge is 0.325 e. The highest BCUT2D eigenvalue weighted by molar-refractivity contribution is 9.10. The van der Waals surface area contributed by atoms with Crippen LogP contribution in [0.3, 0.4) is 0 Å². The lowest BCUT2D eigenvalue weighted by atomic mass is 10.1. The number of carbonyl (C=O) groups is 1. The number of nitrogens with one attached hydrogen (secondary N) is 1. The van der Waals surface area contributed by atoms with Crippen molar-refractivity contribution in [3.05, 3.63) is 28.5 Å². The highest BCUT2D eigenvalue weighted by atomic mass is 79.9. The van der Waals surface area contributed by atoms with E-state index in [4.69, 9.17) is 4.74 Å². The van der Waals surface area contributed by atoms with Crippen LogP contribution in [0.25, 0.3) is 0 Å². The molecule has 2 heterocycles. The first-order chi connectivity index (χ1) is 8.66. The molecule has 1 aliphatic heterocycles. The van der Waals surface area contributed by atoms with Gasteiger partial charge in [0.2, 0.25) is 0 Å². The van der Waals surface area contributed by atoms with Gasteiger partial charge in [0.15, 0.2) is 0 Å². The van der Waals surface area contributed by atoms with Gasteiger partial charge in [-0.15, -0.1) is 0 Å². The number of rotatable bonds is 5. The molecule has 0 radical (unpaired) electrons. The summed E-state index contributed by atoms with van der Waals surface area (Å²) < 4.78 is 6.23. The van der Waals surface area contributed by atoms with Gasteiger partial charge in [0.1, 0.15) is 6.04 Å². The number of aliphatic carboxylic acids is 1. The molecule has 18 heavy (non-hydrogen) atoms. The topological polar surface area (TPSA) is 71.5 Å².